The minimum atomic E-state index is -0.204. The zero-order valence-corrected chi connectivity index (χ0v) is 9.56. The van der Waals surface area contributed by atoms with Crippen molar-refractivity contribution in [2.24, 2.45) is 5.92 Å². The van der Waals surface area contributed by atoms with E-state index in [0.29, 0.717) is 19.4 Å². The summed E-state index contributed by atoms with van der Waals surface area (Å²) in [5.74, 6) is -0.190. The predicted octanol–water partition coefficient (Wildman–Crippen LogP) is 1.79. The monoisotopic (exact) mass is 222 g/mol. The Hall–Kier alpha value is -1.35. The molecule has 0 saturated heterocycles. The molecular formula is C13H18O3. The highest BCUT2D eigenvalue weighted by atomic mass is 16.5. The van der Waals surface area contributed by atoms with E-state index in [9.17, 15) is 4.79 Å². The number of ether oxygens (including phenoxy) is 1. The number of hydrogen-bond donors (Lipinski definition) is 1. The maximum atomic E-state index is 11.3. The van der Waals surface area contributed by atoms with Gasteiger partial charge in [0.15, 0.2) is 0 Å². The van der Waals surface area contributed by atoms with E-state index in [4.69, 9.17) is 9.84 Å². The molecule has 88 valence electrons. The van der Waals surface area contributed by atoms with Crippen molar-refractivity contribution in [3.63, 3.8) is 0 Å². The number of hydrogen-bond acceptors (Lipinski definition) is 3. The molecule has 0 unspecified atom stereocenters. The van der Waals surface area contributed by atoms with Crippen LogP contribution in [0.1, 0.15) is 18.9 Å². The molecule has 0 saturated carbocycles. The van der Waals surface area contributed by atoms with Crippen molar-refractivity contribution in [1.82, 2.24) is 0 Å². The standard InChI is InChI=1S/C13H18O3/c1-11(9-14)10-16-13(15)8-7-12-5-3-2-4-6-12/h2-6,11,14H,7-10H2,1H3/t11-/m1/s1. The van der Waals surface area contributed by atoms with Crippen molar-refractivity contribution in [3.8, 4) is 0 Å². The fourth-order valence-corrected chi connectivity index (χ4v) is 1.25. The number of carbonyl (C=O) groups excluding carboxylic acids is 1. The van der Waals surface area contributed by atoms with E-state index in [1.54, 1.807) is 0 Å². The minimum Gasteiger partial charge on any atom is -0.465 e. The smallest absolute Gasteiger partial charge is 0.306 e. The van der Waals surface area contributed by atoms with Gasteiger partial charge in [-0.05, 0) is 12.0 Å². The van der Waals surface area contributed by atoms with Crippen LogP contribution in [0.2, 0.25) is 0 Å². The van der Waals surface area contributed by atoms with Gasteiger partial charge in [-0.15, -0.1) is 0 Å². The Balaban J connectivity index is 2.20. The quantitative estimate of drug-likeness (QED) is 0.746. The Morgan fingerprint density at radius 1 is 1.38 bits per heavy atom. The molecule has 1 rings (SSSR count). The molecule has 0 bridgehead atoms. The third-order valence-corrected chi connectivity index (χ3v) is 2.30. The van der Waals surface area contributed by atoms with E-state index < -0.39 is 0 Å². The molecule has 1 N–H and O–H groups in total. The number of benzene rings is 1. The van der Waals surface area contributed by atoms with Crippen LogP contribution in [0.3, 0.4) is 0 Å². The summed E-state index contributed by atoms with van der Waals surface area (Å²) in [6.45, 7) is 2.18. The lowest BCUT2D eigenvalue weighted by molar-refractivity contribution is -0.145. The lowest BCUT2D eigenvalue weighted by atomic mass is 10.1. The van der Waals surface area contributed by atoms with Gasteiger partial charge < -0.3 is 9.84 Å². The number of aliphatic hydroxyl groups is 1. The molecule has 3 heteroatoms. The van der Waals surface area contributed by atoms with E-state index in [1.165, 1.54) is 0 Å². The van der Waals surface area contributed by atoms with Crippen LogP contribution in [0.5, 0.6) is 0 Å². The second-order valence-electron chi connectivity index (χ2n) is 3.96. The summed E-state index contributed by atoms with van der Waals surface area (Å²) in [6, 6.07) is 9.83. The van der Waals surface area contributed by atoms with Crippen LogP contribution in [-0.4, -0.2) is 24.3 Å². The van der Waals surface area contributed by atoms with Crippen LogP contribution in [0.15, 0.2) is 30.3 Å². The summed E-state index contributed by atoms with van der Waals surface area (Å²) < 4.78 is 5.02. The maximum Gasteiger partial charge on any atom is 0.306 e. The summed E-state index contributed by atoms with van der Waals surface area (Å²) in [4.78, 5) is 11.3. The molecule has 0 aliphatic carbocycles. The van der Waals surface area contributed by atoms with Gasteiger partial charge in [0.25, 0.3) is 0 Å². The van der Waals surface area contributed by atoms with Crippen LogP contribution >= 0.6 is 0 Å². The number of aliphatic hydroxyl groups excluding tert-OH is 1. The summed E-state index contributed by atoms with van der Waals surface area (Å²) >= 11 is 0. The van der Waals surface area contributed by atoms with Crippen LogP contribution < -0.4 is 0 Å². The van der Waals surface area contributed by atoms with Gasteiger partial charge >= 0.3 is 5.97 Å². The highest BCUT2D eigenvalue weighted by Crippen LogP contribution is 2.04. The van der Waals surface area contributed by atoms with Gasteiger partial charge in [-0.25, -0.2) is 0 Å². The van der Waals surface area contributed by atoms with E-state index >= 15 is 0 Å². The molecule has 0 fully saturated rings. The number of esters is 1. The number of carbonyl (C=O) groups is 1. The average Bonchev–Trinajstić information content (AvgIpc) is 2.34. The second-order valence-corrected chi connectivity index (χ2v) is 3.96. The van der Waals surface area contributed by atoms with Gasteiger partial charge in [-0.3, -0.25) is 4.79 Å². The van der Waals surface area contributed by atoms with Gasteiger partial charge in [0.2, 0.25) is 0 Å². The summed E-state index contributed by atoms with van der Waals surface area (Å²) in [5.41, 5.74) is 1.13. The fraction of sp³-hybridized carbons (Fsp3) is 0.462. The Kier molecular flexibility index (Phi) is 5.57. The first kappa shape index (κ1) is 12.7. The molecular weight excluding hydrogens is 204 g/mol. The Morgan fingerprint density at radius 2 is 2.06 bits per heavy atom. The SMILES string of the molecule is C[C@H](CO)COC(=O)CCc1ccccc1. The summed E-state index contributed by atoms with van der Waals surface area (Å²) in [6.07, 6.45) is 1.09. The van der Waals surface area contributed by atoms with E-state index in [1.807, 2.05) is 37.3 Å². The normalized spacial score (nSPS) is 12.1. The van der Waals surface area contributed by atoms with Crippen molar-refractivity contribution < 1.29 is 14.6 Å². The molecule has 0 amide bonds. The zero-order chi connectivity index (χ0) is 11.8. The third kappa shape index (κ3) is 4.94. The first-order valence-corrected chi connectivity index (χ1v) is 5.52. The van der Waals surface area contributed by atoms with Gasteiger partial charge in [-0.2, -0.15) is 0 Å². The van der Waals surface area contributed by atoms with Gasteiger partial charge in [0.05, 0.1) is 6.61 Å². The Morgan fingerprint density at radius 3 is 2.69 bits per heavy atom. The van der Waals surface area contributed by atoms with Gasteiger partial charge in [0, 0.05) is 18.9 Å². The first-order valence-electron chi connectivity index (χ1n) is 5.52. The number of rotatable bonds is 6. The predicted molar refractivity (Wildman–Crippen MR) is 62.0 cm³/mol. The second kappa shape index (κ2) is 7.01. The van der Waals surface area contributed by atoms with Gasteiger partial charge in [0.1, 0.15) is 0 Å². The molecule has 0 radical (unpaired) electrons. The average molecular weight is 222 g/mol. The molecule has 0 spiro atoms. The van der Waals surface area contributed by atoms with Crippen LogP contribution in [0.25, 0.3) is 0 Å². The van der Waals surface area contributed by atoms with Crippen molar-refractivity contribution in [2.75, 3.05) is 13.2 Å². The minimum absolute atomic E-state index is 0.0145. The summed E-state index contributed by atoms with van der Waals surface area (Å²) in [5, 5.41) is 8.76. The van der Waals surface area contributed by atoms with Crippen LogP contribution in [0.4, 0.5) is 0 Å². The van der Waals surface area contributed by atoms with Crippen LogP contribution in [-0.2, 0) is 16.0 Å². The molecule has 0 aromatic heterocycles. The molecule has 1 aromatic carbocycles. The number of aryl methyl sites for hydroxylation is 1. The van der Waals surface area contributed by atoms with Crippen LogP contribution in [0, 0.1) is 5.92 Å². The largest absolute Gasteiger partial charge is 0.465 e. The van der Waals surface area contributed by atoms with E-state index in [2.05, 4.69) is 0 Å². The van der Waals surface area contributed by atoms with Crippen molar-refractivity contribution in [3.05, 3.63) is 35.9 Å². The van der Waals surface area contributed by atoms with Crippen molar-refractivity contribution >= 4 is 5.97 Å². The topological polar surface area (TPSA) is 46.5 Å². The third-order valence-electron chi connectivity index (χ3n) is 2.30. The first-order chi connectivity index (χ1) is 7.72. The molecule has 1 atom stereocenters. The van der Waals surface area contributed by atoms with Crippen molar-refractivity contribution in [1.29, 1.82) is 0 Å². The Labute approximate surface area is 96.1 Å². The van der Waals surface area contributed by atoms with E-state index in [-0.39, 0.29) is 18.5 Å². The van der Waals surface area contributed by atoms with Crippen molar-refractivity contribution in [2.45, 2.75) is 19.8 Å². The molecule has 1 aromatic rings. The summed E-state index contributed by atoms with van der Waals surface area (Å²) in [7, 11) is 0. The lowest BCUT2D eigenvalue weighted by Crippen LogP contribution is -2.14. The maximum absolute atomic E-state index is 11.3. The fourth-order valence-electron chi connectivity index (χ4n) is 1.25. The molecule has 0 heterocycles. The highest BCUT2D eigenvalue weighted by Gasteiger charge is 2.06. The molecule has 3 nitrogen and oxygen atoms in total. The Bertz CT molecular complexity index is 308. The zero-order valence-electron chi connectivity index (χ0n) is 9.56. The molecule has 0 aliphatic heterocycles. The van der Waals surface area contributed by atoms with Gasteiger partial charge in [-0.1, -0.05) is 37.3 Å². The molecule has 16 heavy (non-hydrogen) atoms. The van der Waals surface area contributed by atoms with E-state index in [0.717, 1.165) is 5.56 Å². The molecule has 0 aliphatic rings. The lowest BCUT2D eigenvalue weighted by Gasteiger charge is -2.08. The highest BCUT2D eigenvalue weighted by molar-refractivity contribution is 5.69.